The minimum atomic E-state index is -0.269. The summed E-state index contributed by atoms with van der Waals surface area (Å²) in [4.78, 5) is 15.8. The van der Waals surface area contributed by atoms with Crippen LogP contribution < -0.4 is 4.74 Å². The molecule has 0 atom stereocenters. The zero-order valence-corrected chi connectivity index (χ0v) is 15.6. The van der Waals surface area contributed by atoms with Crippen molar-refractivity contribution in [3.63, 3.8) is 0 Å². The van der Waals surface area contributed by atoms with Crippen LogP contribution in [0.3, 0.4) is 0 Å². The van der Waals surface area contributed by atoms with Crippen LogP contribution in [0.1, 0.15) is 15.2 Å². The van der Waals surface area contributed by atoms with E-state index in [0.29, 0.717) is 18.0 Å². The van der Waals surface area contributed by atoms with E-state index in [4.69, 9.17) is 4.74 Å². The molecule has 0 radical (unpaired) electrons. The Morgan fingerprint density at radius 1 is 1.08 bits per heavy atom. The molecule has 0 spiro atoms. The molecule has 0 N–H and O–H groups in total. The zero-order valence-electron chi connectivity index (χ0n) is 14.7. The van der Waals surface area contributed by atoms with E-state index in [0.717, 1.165) is 21.8 Å². The Kier molecular flexibility index (Phi) is 5.68. The summed E-state index contributed by atoms with van der Waals surface area (Å²) in [5.41, 5.74) is 1.98. The number of likely N-dealkylation sites (N-methyl/N-ethyl adjacent to an activating group) is 1. The topological polar surface area (TPSA) is 29.5 Å². The van der Waals surface area contributed by atoms with Crippen LogP contribution in [0.15, 0.2) is 60.7 Å². The van der Waals surface area contributed by atoms with Crippen LogP contribution in [-0.2, 0) is 0 Å². The molecule has 0 aliphatic carbocycles. The summed E-state index contributed by atoms with van der Waals surface area (Å²) in [7, 11) is 1.76. The number of carbonyl (C=O) groups excluding carboxylic acids is 1. The number of para-hydroxylation sites is 1. The van der Waals surface area contributed by atoms with E-state index in [-0.39, 0.29) is 11.7 Å². The van der Waals surface area contributed by atoms with Gasteiger partial charge in [0, 0.05) is 11.9 Å². The third kappa shape index (κ3) is 4.29. The smallest absolute Gasteiger partial charge is 0.263 e. The number of thiophene rings is 1. The number of benzene rings is 2. The number of rotatable bonds is 6. The van der Waals surface area contributed by atoms with Gasteiger partial charge in [0.05, 0.1) is 11.4 Å². The summed E-state index contributed by atoms with van der Waals surface area (Å²) in [6, 6.07) is 17.8. The highest BCUT2D eigenvalue weighted by molar-refractivity contribution is 7.17. The molecule has 0 saturated carbocycles. The number of aryl methyl sites for hydroxylation is 1. The fraction of sp³-hybridized carbons (Fsp3) is 0.190. The van der Waals surface area contributed by atoms with Gasteiger partial charge in [-0.15, -0.1) is 11.3 Å². The fourth-order valence-electron chi connectivity index (χ4n) is 2.52. The van der Waals surface area contributed by atoms with Crippen molar-refractivity contribution in [3.8, 4) is 16.2 Å². The predicted molar refractivity (Wildman–Crippen MR) is 103 cm³/mol. The van der Waals surface area contributed by atoms with Crippen molar-refractivity contribution < 1.29 is 13.9 Å². The number of amides is 1. The number of nitrogens with zero attached hydrogens (tertiary/aromatic N) is 1. The van der Waals surface area contributed by atoms with E-state index in [1.54, 1.807) is 24.1 Å². The molecule has 2 aromatic carbocycles. The molecular weight excluding hydrogens is 349 g/mol. The van der Waals surface area contributed by atoms with E-state index in [1.807, 2.05) is 43.3 Å². The Labute approximate surface area is 156 Å². The highest BCUT2D eigenvalue weighted by Gasteiger charge is 2.15. The lowest BCUT2D eigenvalue weighted by molar-refractivity contribution is 0.0778. The van der Waals surface area contributed by atoms with Crippen LogP contribution >= 0.6 is 11.3 Å². The molecule has 0 aliphatic rings. The van der Waals surface area contributed by atoms with Gasteiger partial charge in [-0.3, -0.25) is 4.79 Å². The second-order valence-electron chi connectivity index (χ2n) is 6.01. The number of hydrogen-bond acceptors (Lipinski definition) is 3. The van der Waals surface area contributed by atoms with Crippen LogP contribution in [0.25, 0.3) is 10.4 Å². The molecule has 0 aliphatic heterocycles. The summed E-state index contributed by atoms with van der Waals surface area (Å²) in [6.45, 7) is 2.92. The number of halogens is 1. The van der Waals surface area contributed by atoms with Crippen LogP contribution in [0.4, 0.5) is 4.39 Å². The third-order valence-corrected chi connectivity index (χ3v) is 5.19. The maximum Gasteiger partial charge on any atom is 0.263 e. The number of carbonyl (C=O) groups is 1. The molecule has 3 nitrogen and oxygen atoms in total. The monoisotopic (exact) mass is 369 g/mol. The molecule has 0 fully saturated rings. The van der Waals surface area contributed by atoms with Gasteiger partial charge in [-0.25, -0.2) is 4.39 Å². The Hall–Kier alpha value is -2.66. The van der Waals surface area contributed by atoms with E-state index in [9.17, 15) is 9.18 Å². The van der Waals surface area contributed by atoms with E-state index < -0.39 is 0 Å². The van der Waals surface area contributed by atoms with E-state index in [1.165, 1.54) is 23.5 Å². The zero-order chi connectivity index (χ0) is 18.5. The lowest BCUT2D eigenvalue weighted by Crippen LogP contribution is -2.30. The molecule has 1 aromatic heterocycles. The molecule has 3 rings (SSSR count). The lowest BCUT2D eigenvalue weighted by Gasteiger charge is -2.17. The Bertz CT molecular complexity index is 889. The van der Waals surface area contributed by atoms with Crippen molar-refractivity contribution in [1.29, 1.82) is 0 Å². The van der Waals surface area contributed by atoms with Crippen LogP contribution in [-0.4, -0.2) is 31.0 Å². The first-order valence-electron chi connectivity index (χ1n) is 8.34. The molecule has 1 heterocycles. The molecule has 5 heteroatoms. The lowest BCUT2D eigenvalue weighted by atomic mass is 10.2. The van der Waals surface area contributed by atoms with Gasteiger partial charge >= 0.3 is 0 Å². The Morgan fingerprint density at radius 2 is 1.81 bits per heavy atom. The van der Waals surface area contributed by atoms with Crippen molar-refractivity contribution in [3.05, 3.63) is 76.9 Å². The van der Waals surface area contributed by atoms with Gasteiger partial charge in [-0.1, -0.05) is 30.3 Å². The largest absolute Gasteiger partial charge is 0.491 e. The highest BCUT2D eigenvalue weighted by Crippen LogP contribution is 2.28. The van der Waals surface area contributed by atoms with Gasteiger partial charge in [-0.05, 0) is 48.4 Å². The van der Waals surface area contributed by atoms with Crippen molar-refractivity contribution in [2.75, 3.05) is 20.2 Å². The normalized spacial score (nSPS) is 10.6. The van der Waals surface area contributed by atoms with Crippen LogP contribution in [0.5, 0.6) is 5.75 Å². The van der Waals surface area contributed by atoms with Crippen molar-refractivity contribution in [2.24, 2.45) is 0 Å². The summed E-state index contributed by atoms with van der Waals surface area (Å²) in [5, 5.41) is 0. The van der Waals surface area contributed by atoms with Crippen LogP contribution in [0, 0.1) is 12.7 Å². The first-order valence-corrected chi connectivity index (χ1v) is 9.16. The maximum atomic E-state index is 13.0. The van der Waals surface area contributed by atoms with Crippen molar-refractivity contribution in [2.45, 2.75) is 6.92 Å². The second-order valence-corrected chi connectivity index (χ2v) is 7.10. The number of ether oxygens (including phenoxy) is 1. The minimum Gasteiger partial charge on any atom is -0.491 e. The first kappa shape index (κ1) is 18.1. The highest BCUT2D eigenvalue weighted by atomic mass is 32.1. The summed E-state index contributed by atoms with van der Waals surface area (Å²) in [6.07, 6.45) is 0. The number of hydrogen-bond donors (Lipinski definition) is 0. The van der Waals surface area contributed by atoms with Gasteiger partial charge in [0.15, 0.2) is 0 Å². The summed E-state index contributed by atoms with van der Waals surface area (Å²) in [5.74, 6) is 0.523. The summed E-state index contributed by atoms with van der Waals surface area (Å²) >= 11 is 1.41. The van der Waals surface area contributed by atoms with Gasteiger partial charge in [-0.2, -0.15) is 0 Å². The molecule has 1 amide bonds. The van der Waals surface area contributed by atoms with Crippen molar-refractivity contribution >= 4 is 17.2 Å². The van der Waals surface area contributed by atoms with Crippen molar-refractivity contribution in [1.82, 2.24) is 4.90 Å². The Balaban J connectivity index is 1.58. The summed E-state index contributed by atoms with van der Waals surface area (Å²) < 4.78 is 18.8. The molecule has 0 bridgehead atoms. The second kappa shape index (κ2) is 8.15. The average Bonchev–Trinajstić information content (AvgIpc) is 3.13. The third-order valence-electron chi connectivity index (χ3n) is 4.07. The molecular formula is C21H20FNO2S. The average molecular weight is 369 g/mol. The fourth-order valence-corrected chi connectivity index (χ4v) is 3.53. The maximum absolute atomic E-state index is 13.0. The van der Waals surface area contributed by atoms with Gasteiger partial charge in [0.2, 0.25) is 0 Å². The van der Waals surface area contributed by atoms with E-state index >= 15 is 0 Å². The standard InChI is InChI=1S/C21H20FNO2S/c1-15-5-3-4-6-18(15)25-14-13-23(2)21(24)20-12-11-19(26-20)16-7-9-17(22)10-8-16/h3-12H,13-14H2,1-2H3. The SMILES string of the molecule is Cc1ccccc1OCCN(C)C(=O)c1ccc(-c2ccc(F)cc2)s1. The van der Waals surface area contributed by atoms with Crippen LogP contribution in [0.2, 0.25) is 0 Å². The minimum absolute atomic E-state index is 0.0447. The Morgan fingerprint density at radius 3 is 2.54 bits per heavy atom. The molecule has 0 saturated heterocycles. The van der Waals surface area contributed by atoms with E-state index in [2.05, 4.69) is 0 Å². The molecule has 26 heavy (non-hydrogen) atoms. The van der Waals surface area contributed by atoms with Gasteiger partial charge < -0.3 is 9.64 Å². The molecule has 0 unspecified atom stereocenters. The first-order chi connectivity index (χ1) is 12.5. The molecule has 134 valence electrons. The molecule has 3 aromatic rings. The van der Waals surface area contributed by atoms with Gasteiger partial charge in [0.25, 0.3) is 5.91 Å². The quantitative estimate of drug-likeness (QED) is 0.611. The predicted octanol–water partition coefficient (Wildman–Crippen LogP) is 5.01. The van der Waals surface area contributed by atoms with Gasteiger partial charge in [0.1, 0.15) is 18.2 Å².